The number of nitrogens with two attached hydrogens (primary N) is 2. The Morgan fingerprint density at radius 1 is 1.47 bits per heavy atom. The highest BCUT2D eigenvalue weighted by Gasteiger charge is 2.20. The van der Waals surface area contributed by atoms with Crippen LogP contribution in [0.25, 0.3) is 0 Å². The average molecular weight is 213 g/mol. The summed E-state index contributed by atoms with van der Waals surface area (Å²) >= 11 is 0. The van der Waals surface area contributed by atoms with Gasteiger partial charge in [-0.2, -0.15) is 0 Å². The van der Waals surface area contributed by atoms with Crippen molar-refractivity contribution in [3.63, 3.8) is 0 Å². The van der Waals surface area contributed by atoms with Gasteiger partial charge in [-0.05, 0) is 11.6 Å². The van der Waals surface area contributed by atoms with Crippen LogP contribution in [-0.2, 0) is 0 Å². The Morgan fingerprint density at radius 3 is 2.53 bits per heavy atom. The molecule has 7 heteroatoms. The van der Waals surface area contributed by atoms with Crippen LogP contribution in [0.2, 0.25) is 0 Å². The van der Waals surface area contributed by atoms with E-state index in [2.05, 4.69) is 0 Å². The second-order valence-corrected chi connectivity index (χ2v) is 3.01. The summed E-state index contributed by atoms with van der Waals surface area (Å²) in [7, 11) is 0. The summed E-state index contributed by atoms with van der Waals surface area (Å²) in [5.41, 5.74) is 10.5. The number of hydrogen-bond donors (Lipinski definition) is 4. The van der Waals surface area contributed by atoms with Gasteiger partial charge in [0.2, 0.25) is 5.75 Å². The summed E-state index contributed by atoms with van der Waals surface area (Å²) in [5, 5.41) is 28.9. The zero-order valence-corrected chi connectivity index (χ0v) is 7.75. The number of benzene rings is 1. The Bertz CT molecular complexity index is 394. The minimum absolute atomic E-state index is 0.0847. The van der Waals surface area contributed by atoms with Crippen molar-refractivity contribution in [1.82, 2.24) is 0 Å². The molecule has 0 saturated carbocycles. The molecule has 0 amide bonds. The number of rotatable bonds is 3. The number of nitro groups is 1. The summed E-state index contributed by atoms with van der Waals surface area (Å²) in [6.07, 6.45) is 0. The second-order valence-electron chi connectivity index (χ2n) is 3.01. The smallest absolute Gasteiger partial charge is 0.314 e. The minimum Gasteiger partial charge on any atom is -0.504 e. The van der Waals surface area contributed by atoms with E-state index in [-0.39, 0.29) is 6.54 Å². The quantitative estimate of drug-likeness (QED) is 0.316. The van der Waals surface area contributed by atoms with E-state index in [4.69, 9.17) is 11.5 Å². The first kappa shape index (κ1) is 11.2. The second kappa shape index (κ2) is 4.11. The molecule has 0 unspecified atom stereocenters. The lowest BCUT2D eigenvalue weighted by molar-refractivity contribution is -0.386. The molecule has 0 aliphatic carbocycles. The number of nitrogens with zero attached hydrogens (tertiary/aromatic N) is 1. The first-order valence-corrected chi connectivity index (χ1v) is 4.13. The SMILES string of the molecule is NC[C@H](N)c1cc(O)c(O)c([N+](=O)[O-])c1. The van der Waals surface area contributed by atoms with Gasteiger partial charge in [0.1, 0.15) is 0 Å². The highest BCUT2D eigenvalue weighted by molar-refractivity contribution is 5.56. The lowest BCUT2D eigenvalue weighted by Crippen LogP contribution is -2.20. The van der Waals surface area contributed by atoms with Crippen LogP contribution in [0.5, 0.6) is 11.5 Å². The van der Waals surface area contributed by atoms with Crippen molar-refractivity contribution in [2.24, 2.45) is 11.5 Å². The maximum Gasteiger partial charge on any atom is 0.314 e. The molecule has 1 aromatic rings. The molecule has 15 heavy (non-hydrogen) atoms. The van der Waals surface area contributed by atoms with E-state index < -0.39 is 28.2 Å². The standard InChI is InChI=1S/C8H11N3O4/c9-3-5(10)4-1-6(11(14)15)8(13)7(12)2-4/h1-2,5,12-13H,3,9-10H2/t5-/m0/s1. The molecule has 0 bridgehead atoms. The van der Waals surface area contributed by atoms with Gasteiger partial charge in [0.05, 0.1) is 4.92 Å². The monoisotopic (exact) mass is 213 g/mol. The lowest BCUT2D eigenvalue weighted by Gasteiger charge is -2.10. The third-order valence-corrected chi connectivity index (χ3v) is 1.97. The molecule has 6 N–H and O–H groups in total. The summed E-state index contributed by atoms with van der Waals surface area (Å²) in [6, 6.07) is 1.63. The first-order valence-electron chi connectivity index (χ1n) is 4.13. The van der Waals surface area contributed by atoms with Crippen LogP contribution in [0, 0.1) is 10.1 Å². The first-order chi connectivity index (χ1) is 6.97. The molecule has 0 aliphatic heterocycles. The van der Waals surface area contributed by atoms with Gasteiger partial charge in [-0.25, -0.2) is 0 Å². The number of hydrogen-bond acceptors (Lipinski definition) is 6. The largest absolute Gasteiger partial charge is 0.504 e. The molecule has 0 aliphatic rings. The highest BCUT2D eigenvalue weighted by Crippen LogP contribution is 2.37. The predicted octanol–water partition coefficient (Wildman–Crippen LogP) is -0.0355. The molecule has 7 nitrogen and oxygen atoms in total. The number of aromatic hydroxyl groups is 2. The Morgan fingerprint density at radius 2 is 2.07 bits per heavy atom. The van der Waals surface area contributed by atoms with Crippen molar-refractivity contribution in [2.75, 3.05) is 6.54 Å². The van der Waals surface area contributed by atoms with E-state index in [0.29, 0.717) is 5.56 Å². The van der Waals surface area contributed by atoms with E-state index in [1.54, 1.807) is 0 Å². The van der Waals surface area contributed by atoms with Crippen LogP contribution in [0.4, 0.5) is 5.69 Å². The fourth-order valence-electron chi connectivity index (χ4n) is 1.11. The van der Waals surface area contributed by atoms with Crippen molar-refractivity contribution >= 4 is 5.69 Å². The van der Waals surface area contributed by atoms with Crippen molar-refractivity contribution in [3.05, 3.63) is 27.8 Å². The van der Waals surface area contributed by atoms with Gasteiger partial charge in [-0.1, -0.05) is 0 Å². The van der Waals surface area contributed by atoms with Crippen molar-refractivity contribution in [1.29, 1.82) is 0 Å². The molecule has 0 fully saturated rings. The summed E-state index contributed by atoms with van der Waals surface area (Å²) in [5.74, 6) is -1.35. The van der Waals surface area contributed by atoms with Crippen LogP contribution in [-0.4, -0.2) is 21.7 Å². The Hall–Kier alpha value is -1.86. The number of nitro benzene ring substituents is 1. The van der Waals surface area contributed by atoms with Crippen molar-refractivity contribution in [3.8, 4) is 11.5 Å². The molecule has 1 atom stereocenters. The number of phenols is 2. The Kier molecular flexibility index (Phi) is 3.08. The molecule has 1 aromatic carbocycles. The van der Waals surface area contributed by atoms with Crippen molar-refractivity contribution < 1.29 is 15.1 Å². The molecule has 1 rings (SSSR count). The fourth-order valence-corrected chi connectivity index (χ4v) is 1.11. The van der Waals surface area contributed by atoms with Gasteiger partial charge < -0.3 is 21.7 Å². The van der Waals surface area contributed by atoms with Gasteiger partial charge in [-0.15, -0.1) is 0 Å². The van der Waals surface area contributed by atoms with Gasteiger partial charge in [-0.3, -0.25) is 10.1 Å². The van der Waals surface area contributed by atoms with Crippen LogP contribution < -0.4 is 11.5 Å². The van der Waals surface area contributed by atoms with Crippen molar-refractivity contribution in [2.45, 2.75) is 6.04 Å². The molecule has 0 spiro atoms. The van der Waals surface area contributed by atoms with Crippen LogP contribution >= 0.6 is 0 Å². The zero-order chi connectivity index (χ0) is 11.6. The normalized spacial score (nSPS) is 12.4. The molecule has 82 valence electrons. The molecule has 0 heterocycles. The van der Waals surface area contributed by atoms with Gasteiger partial charge in [0, 0.05) is 18.7 Å². The van der Waals surface area contributed by atoms with E-state index in [1.807, 2.05) is 0 Å². The molecular formula is C8H11N3O4. The third kappa shape index (κ3) is 2.14. The lowest BCUT2D eigenvalue weighted by atomic mass is 10.1. The maximum atomic E-state index is 10.5. The average Bonchev–Trinajstić information content (AvgIpc) is 2.20. The molecular weight excluding hydrogens is 202 g/mol. The third-order valence-electron chi connectivity index (χ3n) is 1.97. The zero-order valence-electron chi connectivity index (χ0n) is 7.75. The summed E-state index contributed by atoms with van der Waals surface area (Å²) in [4.78, 5) is 9.70. The van der Waals surface area contributed by atoms with Crippen LogP contribution in [0.3, 0.4) is 0 Å². The Balaban J connectivity index is 3.29. The summed E-state index contributed by atoms with van der Waals surface area (Å²) in [6.45, 7) is 0.0847. The van der Waals surface area contributed by atoms with E-state index in [1.165, 1.54) is 0 Å². The van der Waals surface area contributed by atoms with Gasteiger partial charge >= 0.3 is 5.69 Å². The van der Waals surface area contributed by atoms with E-state index >= 15 is 0 Å². The Labute approximate surface area is 85.1 Å². The number of phenolic OH excluding ortho intramolecular Hbond substituents is 2. The highest BCUT2D eigenvalue weighted by atomic mass is 16.6. The molecule has 0 aromatic heterocycles. The fraction of sp³-hybridized carbons (Fsp3) is 0.250. The van der Waals surface area contributed by atoms with E-state index in [0.717, 1.165) is 12.1 Å². The van der Waals surface area contributed by atoms with Crippen LogP contribution in [0.15, 0.2) is 12.1 Å². The maximum absolute atomic E-state index is 10.5. The summed E-state index contributed by atoms with van der Waals surface area (Å²) < 4.78 is 0. The topological polar surface area (TPSA) is 136 Å². The minimum atomic E-state index is -0.804. The van der Waals surface area contributed by atoms with Gasteiger partial charge in [0.25, 0.3) is 0 Å². The van der Waals surface area contributed by atoms with Crippen LogP contribution in [0.1, 0.15) is 11.6 Å². The molecule has 0 radical (unpaired) electrons. The predicted molar refractivity (Wildman–Crippen MR) is 52.4 cm³/mol. The van der Waals surface area contributed by atoms with E-state index in [9.17, 15) is 20.3 Å². The molecule has 0 saturated heterocycles. The van der Waals surface area contributed by atoms with Gasteiger partial charge in [0.15, 0.2) is 5.75 Å².